The van der Waals surface area contributed by atoms with Crippen molar-refractivity contribution in [2.24, 2.45) is 5.92 Å². The maximum atomic E-state index is 12.4. The molecular weight excluding hydrogens is 358 g/mol. The van der Waals surface area contributed by atoms with Gasteiger partial charge in [0.05, 0.1) is 12.2 Å². The smallest absolute Gasteiger partial charge is 0.152 e. The molecule has 0 aliphatic carbocycles. The highest BCUT2D eigenvalue weighted by Gasteiger charge is 2.16. The van der Waals surface area contributed by atoms with E-state index in [0.29, 0.717) is 23.2 Å². The van der Waals surface area contributed by atoms with Crippen molar-refractivity contribution in [3.05, 3.63) is 66.0 Å². The number of nitrogens with zero attached hydrogens (tertiary/aromatic N) is 3. The highest BCUT2D eigenvalue weighted by Crippen LogP contribution is 2.26. The van der Waals surface area contributed by atoms with E-state index in [1.807, 2.05) is 61.0 Å². The molecule has 0 unspecified atom stereocenters. The molecule has 0 bridgehead atoms. The van der Waals surface area contributed by atoms with Crippen molar-refractivity contribution < 1.29 is 4.79 Å². The Kier molecular flexibility index (Phi) is 5.87. The molecule has 0 spiro atoms. The Labute approximate surface area is 164 Å². The Balaban J connectivity index is 2.02. The van der Waals surface area contributed by atoms with Crippen LogP contribution in [0.5, 0.6) is 0 Å². The van der Waals surface area contributed by atoms with Crippen LogP contribution in [-0.2, 0) is 11.3 Å². The van der Waals surface area contributed by atoms with Crippen LogP contribution in [0.25, 0.3) is 28.9 Å². The third-order valence-electron chi connectivity index (χ3n) is 4.13. The fourth-order valence-electron chi connectivity index (χ4n) is 2.91. The van der Waals surface area contributed by atoms with Gasteiger partial charge in [-0.05, 0) is 29.7 Å². The lowest BCUT2D eigenvalue weighted by atomic mass is 10.1. The molecular formula is C22H22ClN3O. The molecule has 3 rings (SSSR count). The van der Waals surface area contributed by atoms with E-state index < -0.39 is 0 Å². The monoisotopic (exact) mass is 379 g/mol. The standard InChI is InChI=1S/C22H22ClN3O/c1-4-16-8-9-20(24-12-16)21-14-26(13-19(27)10-15(2)3)22(25-21)17-6-5-7-18(23)11-17/h4-9,11-12,14-15H,1,10,13H2,2-3H3. The fraction of sp³-hybridized carbons (Fsp3) is 0.227. The lowest BCUT2D eigenvalue weighted by Crippen LogP contribution is -2.12. The number of aromatic nitrogens is 3. The number of hydrogen-bond acceptors (Lipinski definition) is 3. The summed E-state index contributed by atoms with van der Waals surface area (Å²) >= 11 is 6.15. The average molecular weight is 380 g/mol. The van der Waals surface area contributed by atoms with Crippen molar-refractivity contribution in [1.82, 2.24) is 14.5 Å². The van der Waals surface area contributed by atoms with Gasteiger partial charge in [-0.15, -0.1) is 0 Å². The maximum Gasteiger partial charge on any atom is 0.152 e. The van der Waals surface area contributed by atoms with Crippen molar-refractivity contribution in [2.75, 3.05) is 0 Å². The normalized spacial score (nSPS) is 11.0. The average Bonchev–Trinajstić information content (AvgIpc) is 3.04. The highest BCUT2D eigenvalue weighted by atomic mass is 35.5. The number of hydrogen-bond donors (Lipinski definition) is 0. The van der Waals surface area contributed by atoms with Crippen molar-refractivity contribution in [2.45, 2.75) is 26.8 Å². The van der Waals surface area contributed by atoms with Crippen LogP contribution in [-0.4, -0.2) is 20.3 Å². The molecule has 0 aliphatic rings. The first-order valence-corrected chi connectivity index (χ1v) is 9.27. The molecule has 0 saturated carbocycles. The van der Waals surface area contributed by atoms with Gasteiger partial charge in [-0.25, -0.2) is 4.98 Å². The molecule has 1 aromatic carbocycles. The Morgan fingerprint density at radius 3 is 2.70 bits per heavy atom. The first kappa shape index (κ1) is 19.1. The molecule has 2 heterocycles. The summed E-state index contributed by atoms with van der Waals surface area (Å²) in [6.45, 7) is 8.11. The zero-order chi connectivity index (χ0) is 19.4. The zero-order valence-corrected chi connectivity index (χ0v) is 16.3. The van der Waals surface area contributed by atoms with Crippen LogP contribution in [0.3, 0.4) is 0 Å². The lowest BCUT2D eigenvalue weighted by Gasteiger charge is -2.08. The van der Waals surface area contributed by atoms with E-state index in [1.54, 1.807) is 12.3 Å². The summed E-state index contributed by atoms with van der Waals surface area (Å²) in [6, 6.07) is 11.3. The van der Waals surface area contributed by atoms with E-state index in [1.165, 1.54) is 0 Å². The summed E-state index contributed by atoms with van der Waals surface area (Å²) in [6.07, 6.45) is 5.92. The quantitative estimate of drug-likeness (QED) is 0.542. The second-order valence-corrected chi connectivity index (χ2v) is 7.34. The van der Waals surface area contributed by atoms with Gasteiger partial charge in [0.2, 0.25) is 0 Å². The third-order valence-corrected chi connectivity index (χ3v) is 4.36. The van der Waals surface area contributed by atoms with Gasteiger partial charge in [-0.3, -0.25) is 9.78 Å². The van der Waals surface area contributed by atoms with Crippen LogP contribution >= 0.6 is 11.6 Å². The van der Waals surface area contributed by atoms with E-state index in [9.17, 15) is 4.79 Å². The van der Waals surface area contributed by atoms with E-state index in [4.69, 9.17) is 16.6 Å². The molecule has 2 aromatic heterocycles. The molecule has 0 radical (unpaired) electrons. The number of carbonyl (C=O) groups is 1. The van der Waals surface area contributed by atoms with Gasteiger partial charge in [-0.1, -0.05) is 56.3 Å². The van der Waals surface area contributed by atoms with Crippen molar-refractivity contribution in [3.8, 4) is 22.8 Å². The second kappa shape index (κ2) is 8.31. The van der Waals surface area contributed by atoms with Crippen molar-refractivity contribution >= 4 is 23.5 Å². The van der Waals surface area contributed by atoms with Crippen LogP contribution < -0.4 is 0 Å². The van der Waals surface area contributed by atoms with Crippen LogP contribution in [0.2, 0.25) is 5.02 Å². The van der Waals surface area contributed by atoms with E-state index in [0.717, 1.165) is 22.5 Å². The van der Waals surface area contributed by atoms with Crippen LogP contribution in [0.15, 0.2) is 55.4 Å². The van der Waals surface area contributed by atoms with Gasteiger partial charge in [0.15, 0.2) is 5.78 Å². The van der Waals surface area contributed by atoms with E-state index in [2.05, 4.69) is 11.6 Å². The molecule has 0 amide bonds. The Bertz CT molecular complexity index is 958. The predicted octanol–water partition coefficient (Wildman–Crippen LogP) is 5.52. The molecule has 0 N–H and O–H groups in total. The third kappa shape index (κ3) is 4.72. The largest absolute Gasteiger partial charge is 0.323 e. The van der Waals surface area contributed by atoms with Gasteiger partial charge in [-0.2, -0.15) is 0 Å². The Morgan fingerprint density at radius 1 is 1.26 bits per heavy atom. The number of imidazole rings is 1. The number of pyridine rings is 1. The molecule has 4 nitrogen and oxygen atoms in total. The number of carbonyl (C=O) groups excluding carboxylic acids is 1. The Morgan fingerprint density at radius 2 is 2.07 bits per heavy atom. The number of Topliss-reactive ketones (excluding diaryl/α,β-unsaturated/α-hetero) is 1. The van der Waals surface area contributed by atoms with Crippen LogP contribution in [0, 0.1) is 5.92 Å². The SMILES string of the molecule is C=Cc1ccc(-c2cn(CC(=O)CC(C)C)c(-c3cccc(Cl)c3)n2)nc1. The predicted molar refractivity (Wildman–Crippen MR) is 110 cm³/mol. The lowest BCUT2D eigenvalue weighted by molar-refractivity contribution is -0.120. The Hall–Kier alpha value is -2.72. The van der Waals surface area contributed by atoms with Gasteiger partial charge in [0, 0.05) is 29.4 Å². The molecule has 5 heteroatoms. The van der Waals surface area contributed by atoms with Crippen LogP contribution in [0.1, 0.15) is 25.8 Å². The summed E-state index contributed by atoms with van der Waals surface area (Å²) in [7, 11) is 0. The summed E-state index contributed by atoms with van der Waals surface area (Å²) in [5.41, 5.74) is 3.28. The molecule has 0 atom stereocenters. The number of halogens is 1. The van der Waals surface area contributed by atoms with Gasteiger partial charge in [0.1, 0.15) is 11.5 Å². The van der Waals surface area contributed by atoms with Gasteiger partial charge >= 0.3 is 0 Å². The molecule has 138 valence electrons. The van der Waals surface area contributed by atoms with Crippen molar-refractivity contribution in [3.63, 3.8) is 0 Å². The van der Waals surface area contributed by atoms with E-state index in [-0.39, 0.29) is 12.3 Å². The molecule has 0 fully saturated rings. The maximum absolute atomic E-state index is 12.4. The summed E-state index contributed by atoms with van der Waals surface area (Å²) < 4.78 is 1.88. The molecule has 3 aromatic rings. The van der Waals surface area contributed by atoms with Gasteiger partial charge < -0.3 is 4.57 Å². The minimum Gasteiger partial charge on any atom is -0.323 e. The topological polar surface area (TPSA) is 47.8 Å². The minimum absolute atomic E-state index is 0.173. The summed E-state index contributed by atoms with van der Waals surface area (Å²) in [5, 5.41) is 0.630. The zero-order valence-electron chi connectivity index (χ0n) is 15.5. The molecule has 0 saturated heterocycles. The summed E-state index contributed by atoms with van der Waals surface area (Å²) in [4.78, 5) is 21.6. The first-order valence-electron chi connectivity index (χ1n) is 8.90. The van der Waals surface area contributed by atoms with Gasteiger partial charge in [0.25, 0.3) is 0 Å². The van der Waals surface area contributed by atoms with Crippen LogP contribution in [0.4, 0.5) is 0 Å². The van der Waals surface area contributed by atoms with E-state index >= 15 is 0 Å². The second-order valence-electron chi connectivity index (χ2n) is 6.91. The molecule has 27 heavy (non-hydrogen) atoms. The molecule has 0 aliphatic heterocycles. The number of benzene rings is 1. The summed E-state index contributed by atoms with van der Waals surface area (Å²) in [5.74, 6) is 1.20. The highest BCUT2D eigenvalue weighted by molar-refractivity contribution is 6.30. The minimum atomic E-state index is 0.173. The number of ketones is 1. The first-order chi connectivity index (χ1) is 13.0. The van der Waals surface area contributed by atoms with Crippen molar-refractivity contribution in [1.29, 1.82) is 0 Å². The fourth-order valence-corrected chi connectivity index (χ4v) is 3.10. The number of rotatable bonds is 7.